The highest BCUT2D eigenvalue weighted by Crippen LogP contribution is 2.35. The van der Waals surface area contributed by atoms with Gasteiger partial charge in [0.25, 0.3) is 0 Å². The third kappa shape index (κ3) is 4.41. The van der Waals surface area contributed by atoms with Gasteiger partial charge in [-0.3, -0.25) is 0 Å². The number of rotatable bonds is 7. The van der Waals surface area contributed by atoms with E-state index in [4.69, 9.17) is 0 Å². The van der Waals surface area contributed by atoms with Gasteiger partial charge in [-0.1, -0.05) is 34.1 Å². The highest BCUT2D eigenvalue weighted by molar-refractivity contribution is 5.31. The number of aliphatic hydroxyl groups is 1. The van der Waals surface area contributed by atoms with Crippen molar-refractivity contribution in [3.05, 3.63) is 11.4 Å². The molecule has 3 nitrogen and oxygen atoms in total. The van der Waals surface area contributed by atoms with Crippen molar-refractivity contribution in [1.29, 1.82) is 0 Å². The van der Waals surface area contributed by atoms with Gasteiger partial charge >= 0.3 is 0 Å². The molecule has 0 aromatic carbocycles. The topological polar surface area (TPSA) is 35.5 Å². The number of aliphatic hydroxyl groups excluding tert-OH is 1. The third-order valence-electron chi connectivity index (χ3n) is 3.93. The van der Waals surface area contributed by atoms with Crippen LogP contribution in [0.25, 0.3) is 0 Å². The minimum Gasteiger partial charge on any atom is -0.386 e. The molecule has 0 aliphatic heterocycles. The fourth-order valence-electron chi connectivity index (χ4n) is 2.76. The van der Waals surface area contributed by atoms with Gasteiger partial charge in [0.2, 0.25) is 0 Å². The van der Waals surface area contributed by atoms with Crippen LogP contribution in [0, 0.1) is 11.3 Å². The fraction of sp³-hybridized carbons (Fsp3) is 0.875. The predicted molar refractivity (Wildman–Crippen MR) is 81.8 cm³/mol. The quantitative estimate of drug-likeness (QED) is 0.697. The maximum atomic E-state index is 9.96. The van der Waals surface area contributed by atoms with E-state index in [1.54, 1.807) is 0 Å². The zero-order chi connectivity index (χ0) is 14.6. The summed E-state index contributed by atoms with van der Waals surface area (Å²) in [5.74, 6) is 0.265. The van der Waals surface area contributed by atoms with Crippen LogP contribution in [0.4, 0.5) is 0 Å². The molecule has 0 fully saturated rings. The molecule has 0 spiro atoms. The molecular formula is C16H32N2O. The van der Waals surface area contributed by atoms with Gasteiger partial charge in [-0.2, -0.15) is 0 Å². The molecule has 1 rings (SSSR count). The molecule has 1 aliphatic rings. The molecule has 0 radical (unpaired) electrons. The van der Waals surface area contributed by atoms with E-state index in [1.165, 1.54) is 25.0 Å². The van der Waals surface area contributed by atoms with Gasteiger partial charge in [0, 0.05) is 31.8 Å². The molecule has 0 heterocycles. The highest BCUT2D eigenvalue weighted by Gasteiger charge is 2.37. The Hall–Kier alpha value is -0.700. The zero-order valence-electron chi connectivity index (χ0n) is 13.6. The molecule has 0 aromatic heterocycles. The highest BCUT2D eigenvalue weighted by atomic mass is 16.3. The van der Waals surface area contributed by atoms with Crippen molar-refractivity contribution in [1.82, 2.24) is 10.2 Å². The average Bonchev–Trinajstić information content (AvgIpc) is 2.32. The second-order valence-corrected chi connectivity index (χ2v) is 7.00. The molecule has 19 heavy (non-hydrogen) atoms. The largest absolute Gasteiger partial charge is 0.386 e. The van der Waals surface area contributed by atoms with E-state index in [0.717, 1.165) is 18.8 Å². The summed E-state index contributed by atoms with van der Waals surface area (Å²) in [4.78, 5) is 2.32. The summed E-state index contributed by atoms with van der Waals surface area (Å²) in [5.41, 5.74) is 2.77. The molecule has 112 valence electrons. The molecule has 2 unspecified atom stereocenters. The van der Waals surface area contributed by atoms with Crippen molar-refractivity contribution < 1.29 is 5.11 Å². The Morgan fingerprint density at radius 1 is 1.26 bits per heavy atom. The molecule has 0 aromatic rings. The van der Waals surface area contributed by atoms with Crippen molar-refractivity contribution in [3.63, 3.8) is 0 Å². The molecule has 0 saturated carbocycles. The monoisotopic (exact) mass is 268 g/mol. The van der Waals surface area contributed by atoms with Gasteiger partial charge in [-0.25, -0.2) is 0 Å². The molecule has 0 saturated heterocycles. The standard InChI is InChI=1S/C16H32N2O/c1-7-17-13-14(12(2)15(13)19)18(6)11-9-8-10-16(3,4)5/h12,15,17,19H,7-11H2,1-6H3. The number of hydrogen-bond donors (Lipinski definition) is 2. The van der Waals surface area contributed by atoms with E-state index in [-0.39, 0.29) is 12.0 Å². The Morgan fingerprint density at radius 2 is 1.89 bits per heavy atom. The smallest absolute Gasteiger partial charge is 0.103 e. The normalized spacial score (nSPS) is 23.3. The van der Waals surface area contributed by atoms with Crippen LogP contribution >= 0.6 is 0 Å². The second kappa shape index (κ2) is 6.65. The molecule has 3 heteroatoms. The van der Waals surface area contributed by atoms with Crippen LogP contribution in [0.2, 0.25) is 0 Å². The number of hydrogen-bond acceptors (Lipinski definition) is 3. The van der Waals surface area contributed by atoms with Crippen LogP contribution < -0.4 is 5.32 Å². The van der Waals surface area contributed by atoms with Crippen LogP contribution in [0.1, 0.15) is 53.9 Å². The van der Waals surface area contributed by atoms with Gasteiger partial charge in [-0.15, -0.1) is 0 Å². The van der Waals surface area contributed by atoms with Gasteiger partial charge in [0.05, 0.1) is 5.70 Å². The average molecular weight is 268 g/mol. The summed E-state index contributed by atoms with van der Waals surface area (Å²) in [5, 5.41) is 13.3. The summed E-state index contributed by atoms with van der Waals surface area (Å²) in [7, 11) is 2.14. The van der Waals surface area contributed by atoms with E-state index in [9.17, 15) is 5.11 Å². The Balaban J connectivity index is 2.42. The first-order chi connectivity index (χ1) is 8.78. The minimum atomic E-state index is -0.299. The summed E-state index contributed by atoms with van der Waals surface area (Å²) >= 11 is 0. The summed E-state index contributed by atoms with van der Waals surface area (Å²) in [6, 6.07) is 0. The van der Waals surface area contributed by atoms with Crippen molar-refractivity contribution >= 4 is 0 Å². The first-order valence-electron chi connectivity index (χ1n) is 7.65. The summed E-state index contributed by atoms with van der Waals surface area (Å²) < 4.78 is 0. The molecule has 2 atom stereocenters. The van der Waals surface area contributed by atoms with Crippen LogP contribution in [-0.2, 0) is 0 Å². The lowest BCUT2D eigenvalue weighted by molar-refractivity contribution is 0.0993. The van der Waals surface area contributed by atoms with Crippen LogP contribution in [0.5, 0.6) is 0 Å². The lowest BCUT2D eigenvalue weighted by atomic mass is 9.83. The van der Waals surface area contributed by atoms with Crippen LogP contribution in [0.3, 0.4) is 0 Å². The summed E-state index contributed by atoms with van der Waals surface area (Å²) in [6.45, 7) is 13.0. The van der Waals surface area contributed by atoms with Crippen LogP contribution in [0.15, 0.2) is 11.4 Å². The first-order valence-corrected chi connectivity index (χ1v) is 7.65. The Morgan fingerprint density at radius 3 is 2.42 bits per heavy atom. The van der Waals surface area contributed by atoms with Crippen LogP contribution in [-0.4, -0.2) is 36.2 Å². The van der Waals surface area contributed by atoms with Crippen molar-refractivity contribution in [2.45, 2.75) is 60.0 Å². The van der Waals surface area contributed by atoms with E-state index in [0.29, 0.717) is 5.41 Å². The minimum absolute atomic E-state index is 0.265. The van der Waals surface area contributed by atoms with Crippen molar-refractivity contribution in [2.75, 3.05) is 20.1 Å². The van der Waals surface area contributed by atoms with Crippen molar-refractivity contribution in [2.24, 2.45) is 11.3 Å². The third-order valence-corrected chi connectivity index (χ3v) is 3.93. The van der Waals surface area contributed by atoms with E-state index >= 15 is 0 Å². The zero-order valence-corrected chi connectivity index (χ0v) is 13.6. The Kier molecular flexibility index (Phi) is 5.72. The Labute approximate surface area is 119 Å². The number of nitrogens with one attached hydrogen (secondary N) is 1. The van der Waals surface area contributed by atoms with Crippen molar-refractivity contribution in [3.8, 4) is 0 Å². The first kappa shape index (κ1) is 16.4. The Bertz CT molecular complexity index is 317. The van der Waals surface area contributed by atoms with E-state index < -0.39 is 0 Å². The second-order valence-electron chi connectivity index (χ2n) is 7.00. The molecule has 2 N–H and O–H groups in total. The van der Waals surface area contributed by atoms with Gasteiger partial charge in [-0.05, 0) is 25.2 Å². The molecule has 0 amide bonds. The molecule has 1 aliphatic carbocycles. The van der Waals surface area contributed by atoms with Gasteiger partial charge in [0.1, 0.15) is 6.10 Å². The fourth-order valence-corrected chi connectivity index (χ4v) is 2.76. The van der Waals surface area contributed by atoms with E-state index in [2.05, 4.69) is 51.9 Å². The number of likely N-dealkylation sites (N-methyl/N-ethyl adjacent to an activating group) is 1. The predicted octanol–water partition coefficient (Wildman–Crippen LogP) is 2.97. The molecular weight excluding hydrogens is 236 g/mol. The molecule has 0 bridgehead atoms. The lowest BCUT2D eigenvalue weighted by Gasteiger charge is -2.42. The maximum Gasteiger partial charge on any atom is 0.103 e. The van der Waals surface area contributed by atoms with Gasteiger partial charge in [0.15, 0.2) is 0 Å². The maximum absolute atomic E-state index is 9.96. The van der Waals surface area contributed by atoms with Gasteiger partial charge < -0.3 is 15.3 Å². The summed E-state index contributed by atoms with van der Waals surface area (Å²) in [6.07, 6.45) is 3.47. The number of unbranched alkanes of at least 4 members (excludes halogenated alkanes) is 1. The number of nitrogens with zero attached hydrogens (tertiary/aromatic N) is 1. The lowest BCUT2D eigenvalue weighted by Crippen LogP contribution is -2.46. The van der Waals surface area contributed by atoms with E-state index in [1.807, 2.05) is 0 Å². The SMILES string of the molecule is CCNC1=C(N(C)CCCCC(C)(C)C)C(C)C1O.